The Hall–Kier alpha value is -2.09. The van der Waals surface area contributed by atoms with E-state index in [0.29, 0.717) is 0 Å². The maximum atomic E-state index is 11.4. The molecule has 0 amide bonds. The van der Waals surface area contributed by atoms with Gasteiger partial charge in [0.2, 0.25) is 0 Å². The van der Waals surface area contributed by atoms with Gasteiger partial charge >= 0.3 is 5.97 Å². The van der Waals surface area contributed by atoms with Crippen LogP contribution >= 0.6 is 0 Å². The van der Waals surface area contributed by atoms with Crippen LogP contribution in [-0.4, -0.2) is 13.1 Å². The van der Waals surface area contributed by atoms with E-state index in [4.69, 9.17) is 4.74 Å². The van der Waals surface area contributed by atoms with Gasteiger partial charge in [0.05, 0.1) is 13.5 Å². The van der Waals surface area contributed by atoms with E-state index in [2.05, 4.69) is 18.2 Å². The van der Waals surface area contributed by atoms with Gasteiger partial charge in [-0.3, -0.25) is 4.79 Å². The fourth-order valence-electron chi connectivity index (χ4n) is 2.28. The van der Waals surface area contributed by atoms with Crippen LogP contribution in [0.2, 0.25) is 0 Å². The summed E-state index contributed by atoms with van der Waals surface area (Å²) in [7, 11) is 1.41. The smallest absolute Gasteiger partial charge is 0.310 e. The molecule has 2 heteroatoms. The van der Waals surface area contributed by atoms with Gasteiger partial charge in [-0.2, -0.15) is 0 Å². The second-order valence-corrected chi connectivity index (χ2v) is 4.07. The van der Waals surface area contributed by atoms with Crippen molar-refractivity contribution in [1.29, 1.82) is 0 Å². The quantitative estimate of drug-likeness (QED) is 0.732. The monoisotopic (exact) mass is 223 g/mol. The van der Waals surface area contributed by atoms with Gasteiger partial charge in [0.25, 0.3) is 0 Å². The molecule has 3 rings (SSSR count). The van der Waals surface area contributed by atoms with E-state index in [-0.39, 0.29) is 12.4 Å². The Kier molecular flexibility index (Phi) is 2.22. The molecule has 1 radical (unpaired) electrons. The SMILES string of the molecule is COC(=O)CC1=[C]c2cccc3cccc1c23. The van der Waals surface area contributed by atoms with Gasteiger partial charge in [0.15, 0.2) is 0 Å². The summed E-state index contributed by atoms with van der Waals surface area (Å²) in [5.41, 5.74) is 3.09. The Morgan fingerprint density at radius 2 is 2.00 bits per heavy atom. The lowest BCUT2D eigenvalue weighted by Gasteiger charge is -2.04. The first kappa shape index (κ1) is 10.1. The lowest BCUT2D eigenvalue weighted by Crippen LogP contribution is -2.00. The normalized spacial score (nSPS) is 12.6. The van der Waals surface area contributed by atoms with E-state index in [1.807, 2.05) is 24.3 Å². The third kappa shape index (κ3) is 1.53. The molecule has 0 atom stereocenters. The molecule has 0 bridgehead atoms. The molecule has 2 aromatic carbocycles. The Bertz CT molecular complexity index is 633. The van der Waals surface area contributed by atoms with Crippen LogP contribution in [0.15, 0.2) is 36.4 Å². The first-order chi connectivity index (χ1) is 8.29. The predicted molar refractivity (Wildman–Crippen MR) is 66.3 cm³/mol. The fourth-order valence-corrected chi connectivity index (χ4v) is 2.28. The van der Waals surface area contributed by atoms with E-state index in [1.165, 1.54) is 17.9 Å². The first-order valence-electron chi connectivity index (χ1n) is 5.51. The standard InChI is InChI=1S/C15H11O2/c1-17-14(16)9-12-8-11-6-2-4-10-5-3-7-13(12)15(10)11/h2-7H,9H2,1H3. The Labute approximate surface area is 99.5 Å². The maximum absolute atomic E-state index is 11.4. The van der Waals surface area contributed by atoms with Gasteiger partial charge < -0.3 is 4.74 Å². The van der Waals surface area contributed by atoms with Crippen molar-refractivity contribution in [1.82, 2.24) is 0 Å². The number of hydrogen-bond donors (Lipinski definition) is 0. The van der Waals surface area contributed by atoms with Crippen LogP contribution in [0.25, 0.3) is 16.3 Å². The number of esters is 1. The third-order valence-electron chi connectivity index (χ3n) is 3.06. The van der Waals surface area contributed by atoms with Crippen molar-refractivity contribution < 1.29 is 9.53 Å². The summed E-state index contributed by atoms with van der Waals surface area (Å²) < 4.78 is 4.71. The molecule has 0 unspecified atom stereocenters. The lowest BCUT2D eigenvalue weighted by molar-refractivity contribution is -0.139. The Balaban J connectivity index is 2.14. The van der Waals surface area contributed by atoms with Gasteiger partial charge in [0, 0.05) is 0 Å². The highest BCUT2D eigenvalue weighted by Crippen LogP contribution is 2.36. The third-order valence-corrected chi connectivity index (χ3v) is 3.06. The molecule has 0 aliphatic heterocycles. The highest BCUT2D eigenvalue weighted by Gasteiger charge is 2.18. The highest BCUT2D eigenvalue weighted by molar-refractivity contribution is 6.03. The molecule has 1 aliphatic carbocycles. The van der Waals surface area contributed by atoms with Crippen molar-refractivity contribution in [3.8, 4) is 0 Å². The Morgan fingerprint density at radius 3 is 2.76 bits per heavy atom. The molecule has 0 heterocycles. The number of methoxy groups -OCH3 is 1. The number of rotatable bonds is 2. The molecule has 0 fully saturated rings. The topological polar surface area (TPSA) is 26.3 Å². The van der Waals surface area contributed by atoms with Gasteiger partial charge in [-0.25, -0.2) is 0 Å². The average molecular weight is 223 g/mol. The number of carbonyl (C=O) groups excluding carboxylic acids is 1. The molecular formula is C15H11O2. The van der Waals surface area contributed by atoms with E-state index >= 15 is 0 Å². The molecule has 0 aromatic heterocycles. The van der Waals surface area contributed by atoms with Crippen molar-refractivity contribution in [2.45, 2.75) is 6.42 Å². The van der Waals surface area contributed by atoms with Crippen LogP contribution in [0.3, 0.4) is 0 Å². The van der Waals surface area contributed by atoms with Crippen molar-refractivity contribution in [3.63, 3.8) is 0 Å². The van der Waals surface area contributed by atoms with Crippen LogP contribution in [0.5, 0.6) is 0 Å². The van der Waals surface area contributed by atoms with Gasteiger partial charge in [0.1, 0.15) is 0 Å². The van der Waals surface area contributed by atoms with Gasteiger partial charge in [-0.05, 0) is 33.5 Å². The number of ether oxygens (including phenoxy) is 1. The number of benzene rings is 2. The zero-order chi connectivity index (χ0) is 11.8. The van der Waals surface area contributed by atoms with E-state index in [0.717, 1.165) is 16.7 Å². The van der Waals surface area contributed by atoms with Crippen molar-refractivity contribution in [3.05, 3.63) is 53.6 Å². The minimum absolute atomic E-state index is 0.225. The summed E-state index contributed by atoms with van der Waals surface area (Å²) in [5, 5.41) is 2.38. The molecule has 1 aliphatic rings. The van der Waals surface area contributed by atoms with Crippen LogP contribution in [0.4, 0.5) is 0 Å². The molecule has 83 valence electrons. The second-order valence-electron chi connectivity index (χ2n) is 4.07. The maximum Gasteiger partial charge on any atom is 0.310 e. The fraction of sp³-hybridized carbons (Fsp3) is 0.133. The predicted octanol–water partition coefficient (Wildman–Crippen LogP) is 2.95. The van der Waals surface area contributed by atoms with E-state index in [1.54, 1.807) is 0 Å². The molecule has 2 nitrogen and oxygen atoms in total. The summed E-state index contributed by atoms with van der Waals surface area (Å²) in [6.07, 6.45) is 3.57. The largest absolute Gasteiger partial charge is 0.469 e. The van der Waals surface area contributed by atoms with Crippen molar-refractivity contribution in [2.24, 2.45) is 0 Å². The van der Waals surface area contributed by atoms with Gasteiger partial charge in [-0.15, -0.1) is 0 Å². The molecule has 0 saturated heterocycles. The lowest BCUT2D eigenvalue weighted by atomic mass is 10.0. The number of hydrogen-bond acceptors (Lipinski definition) is 2. The van der Waals surface area contributed by atoms with Crippen molar-refractivity contribution >= 4 is 22.3 Å². The van der Waals surface area contributed by atoms with Crippen LogP contribution in [0, 0.1) is 6.08 Å². The summed E-state index contributed by atoms with van der Waals surface area (Å²) >= 11 is 0. The molecule has 2 aromatic rings. The second kappa shape index (κ2) is 3.74. The minimum atomic E-state index is -0.225. The summed E-state index contributed by atoms with van der Waals surface area (Å²) in [6.45, 7) is 0. The molecule has 0 saturated carbocycles. The highest BCUT2D eigenvalue weighted by atomic mass is 16.5. The Morgan fingerprint density at radius 1 is 1.24 bits per heavy atom. The average Bonchev–Trinajstić information content (AvgIpc) is 2.70. The van der Waals surface area contributed by atoms with Crippen LogP contribution in [-0.2, 0) is 9.53 Å². The minimum Gasteiger partial charge on any atom is -0.469 e. The molecule has 0 N–H and O–H groups in total. The summed E-state index contributed by atoms with van der Waals surface area (Å²) in [6, 6.07) is 12.2. The zero-order valence-electron chi connectivity index (χ0n) is 9.49. The zero-order valence-corrected chi connectivity index (χ0v) is 9.49. The first-order valence-corrected chi connectivity index (χ1v) is 5.51. The summed E-state index contributed by atoms with van der Waals surface area (Å²) in [5.74, 6) is -0.225. The van der Waals surface area contributed by atoms with E-state index < -0.39 is 0 Å². The molecule has 0 spiro atoms. The van der Waals surface area contributed by atoms with Crippen molar-refractivity contribution in [2.75, 3.05) is 7.11 Å². The van der Waals surface area contributed by atoms with Gasteiger partial charge in [-0.1, -0.05) is 36.4 Å². The molecular weight excluding hydrogens is 212 g/mol. The van der Waals surface area contributed by atoms with Crippen LogP contribution in [0.1, 0.15) is 17.5 Å². The number of carbonyl (C=O) groups is 1. The molecule has 17 heavy (non-hydrogen) atoms. The van der Waals surface area contributed by atoms with Crippen LogP contribution < -0.4 is 0 Å². The summed E-state index contributed by atoms with van der Waals surface area (Å²) in [4.78, 5) is 11.4. The van der Waals surface area contributed by atoms with E-state index in [9.17, 15) is 4.79 Å².